The minimum absolute atomic E-state index is 0.0533. The van der Waals surface area contributed by atoms with Crippen molar-refractivity contribution in [3.05, 3.63) is 35.7 Å². The normalized spacial score (nSPS) is 17.4. The molecule has 29 heavy (non-hydrogen) atoms. The van der Waals surface area contributed by atoms with Crippen molar-refractivity contribution in [3.63, 3.8) is 0 Å². The molecule has 2 aliphatic heterocycles. The van der Waals surface area contributed by atoms with Crippen LogP contribution in [0.15, 0.2) is 24.4 Å². The van der Waals surface area contributed by atoms with E-state index in [0.29, 0.717) is 50.8 Å². The zero-order valence-corrected chi connectivity index (χ0v) is 16.9. The van der Waals surface area contributed by atoms with Crippen molar-refractivity contribution in [2.24, 2.45) is 0 Å². The summed E-state index contributed by atoms with van der Waals surface area (Å²) < 4.78 is 10.7. The molecule has 9 heteroatoms. The number of aromatic nitrogens is 3. The van der Waals surface area contributed by atoms with Crippen molar-refractivity contribution in [2.75, 3.05) is 69.4 Å². The molecule has 0 atom stereocenters. The highest BCUT2D eigenvalue weighted by Gasteiger charge is 2.26. The van der Waals surface area contributed by atoms with E-state index >= 15 is 0 Å². The molecule has 0 saturated carbocycles. The molecule has 0 unspecified atom stereocenters. The first kappa shape index (κ1) is 19.4. The van der Waals surface area contributed by atoms with Crippen molar-refractivity contribution in [1.29, 1.82) is 0 Å². The summed E-state index contributed by atoms with van der Waals surface area (Å²) in [5, 5.41) is 0. The number of methoxy groups -OCH3 is 1. The van der Waals surface area contributed by atoms with Gasteiger partial charge in [0.05, 0.1) is 20.3 Å². The molecule has 0 spiro atoms. The molecule has 0 aromatic carbocycles. The molecule has 0 radical (unpaired) electrons. The first-order valence-corrected chi connectivity index (χ1v) is 9.87. The summed E-state index contributed by atoms with van der Waals surface area (Å²) in [6, 6.07) is 5.51. The van der Waals surface area contributed by atoms with Gasteiger partial charge >= 0.3 is 0 Å². The number of nitrogens with zero attached hydrogens (tertiary/aromatic N) is 6. The molecule has 0 aliphatic carbocycles. The number of amides is 1. The third kappa shape index (κ3) is 4.24. The van der Waals surface area contributed by atoms with Crippen LogP contribution in [0, 0.1) is 6.92 Å². The summed E-state index contributed by atoms with van der Waals surface area (Å²) in [6.07, 6.45) is 1.62. The summed E-state index contributed by atoms with van der Waals surface area (Å²) >= 11 is 0. The van der Waals surface area contributed by atoms with Crippen molar-refractivity contribution in [3.8, 4) is 5.88 Å². The number of carbonyl (C=O) groups excluding carboxylic acids is 1. The van der Waals surface area contributed by atoms with Gasteiger partial charge in [0.1, 0.15) is 11.4 Å². The Kier molecular flexibility index (Phi) is 5.75. The fraction of sp³-hybridized carbons (Fsp3) is 0.500. The van der Waals surface area contributed by atoms with E-state index in [4.69, 9.17) is 14.5 Å². The van der Waals surface area contributed by atoms with E-state index in [-0.39, 0.29) is 5.91 Å². The molecule has 2 fully saturated rings. The highest BCUT2D eigenvalue weighted by Crippen LogP contribution is 2.22. The van der Waals surface area contributed by atoms with Gasteiger partial charge in [-0.2, -0.15) is 4.98 Å². The number of hydrogen-bond acceptors (Lipinski definition) is 8. The van der Waals surface area contributed by atoms with Crippen LogP contribution in [0.5, 0.6) is 5.88 Å². The first-order chi connectivity index (χ1) is 14.2. The predicted molar refractivity (Wildman–Crippen MR) is 109 cm³/mol. The Morgan fingerprint density at radius 3 is 2.55 bits per heavy atom. The van der Waals surface area contributed by atoms with Crippen molar-refractivity contribution in [1.82, 2.24) is 19.9 Å². The number of aryl methyl sites for hydroxylation is 1. The van der Waals surface area contributed by atoms with E-state index in [9.17, 15) is 4.79 Å². The average molecular weight is 398 g/mol. The minimum Gasteiger partial charge on any atom is -0.480 e. The Balaban J connectivity index is 1.44. The van der Waals surface area contributed by atoms with Gasteiger partial charge < -0.3 is 24.2 Å². The number of carbonyl (C=O) groups is 1. The van der Waals surface area contributed by atoms with Gasteiger partial charge in [0.25, 0.3) is 5.91 Å². The number of rotatable bonds is 4. The number of pyridine rings is 1. The van der Waals surface area contributed by atoms with Gasteiger partial charge in [0.15, 0.2) is 0 Å². The Hall–Kier alpha value is -2.94. The number of ether oxygens (including phenoxy) is 2. The van der Waals surface area contributed by atoms with Gasteiger partial charge in [0.2, 0.25) is 11.8 Å². The number of anilines is 2. The maximum Gasteiger partial charge on any atom is 0.259 e. The smallest absolute Gasteiger partial charge is 0.259 e. The molecule has 154 valence electrons. The Morgan fingerprint density at radius 1 is 1.07 bits per heavy atom. The van der Waals surface area contributed by atoms with Crippen molar-refractivity contribution < 1.29 is 14.3 Å². The van der Waals surface area contributed by atoms with Gasteiger partial charge in [-0.05, 0) is 19.1 Å². The van der Waals surface area contributed by atoms with Crippen LogP contribution in [0.4, 0.5) is 11.8 Å². The summed E-state index contributed by atoms with van der Waals surface area (Å²) in [7, 11) is 1.53. The zero-order chi connectivity index (χ0) is 20.2. The number of morpholine rings is 1. The van der Waals surface area contributed by atoms with E-state index in [1.54, 1.807) is 18.3 Å². The molecule has 4 rings (SSSR count). The molecule has 0 bridgehead atoms. The second-order valence-electron chi connectivity index (χ2n) is 7.11. The fourth-order valence-corrected chi connectivity index (χ4v) is 3.63. The lowest BCUT2D eigenvalue weighted by molar-refractivity contribution is 0.0742. The van der Waals surface area contributed by atoms with Crippen LogP contribution >= 0.6 is 0 Å². The lowest BCUT2D eigenvalue weighted by Gasteiger charge is -2.36. The minimum atomic E-state index is -0.0533. The third-order valence-corrected chi connectivity index (χ3v) is 5.21. The van der Waals surface area contributed by atoms with E-state index in [2.05, 4.69) is 19.8 Å². The highest BCUT2D eigenvalue weighted by molar-refractivity contribution is 5.96. The second kappa shape index (κ2) is 8.60. The molecule has 2 saturated heterocycles. The van der Waals surface area contributed by atoms with Gasteiger partial charge in [0, 0.05) is 57.2 Å². The standard InChI is InChI=1S/C20H26N6O3/c1-15-14-17(23-20(22-15)26-10-12-29-13-11-26)24-6-8-25(9-7-24)19(27)16-4-3-5-21-18(16)28-2/h3-5,14H,6-13H2,1-2H3. The fourth-order valence-electron chi connectivity index (χ4n) is 3.63. The summed E-state index contributed by atoms with van der Waals surface area (Å²) in [6.45, 7) is 7.66. The van der Waals surface area contributed by atoms with Gasteiger partial charge in [-0.15, -0.1) is 0 Å². The van der Waals surface area contributed by atoms with Gasteiger partial charge in [-0.25, -0.2) is 9.97 Å². The average Bonchev–Trinajstić information content (AvgIpc) is 2.79. The molecule has 9 nitrogen and oxygen atoms in total. The van der Waals surface area contributed by atoms with E-state index in [1.165, 1.54) is 7.11 Å². The van der Waals surface area contributed by atoms with E-state index < -0.39 is 0 Å². The topological polar surface area (TPSA) is 83.9 Å². The lowest BCUT2D eigenvalue weighted by atomic mass is 10.2. The van der Waals surface area contributed by atoms with Crippen LogP contribution in [0.2, 0.25) is 0 Å². The Bertz CT molecular complexity index is 863. The highest BCUT2D eigenvalue weighted by atomic mass is 16.5. The quantitative estimate of drug-likeness (QED) is 0.754. The van der Waals surface area contributed by atoms with Crippen molar-refractivity contribution >= 4 is 17.7 Å². The molecule has 4 heterocycles. The SMILES string of the molecule is COc1ncccc1C(=O)N1CCN(c2cc(C)nc(N3CCOCC3)n2)CC1. The Morgan fingerprint density at radius 2 is 1.83 bits per heavy atom. The Labute approximate surface area is 170 Å². The predicted octanol–water partition coefficient (Wildman–Crippen LogP) is 0.988. The van der Waals surface area contributed by atoms with Crippen LogP contribution in [0.3, 0.4) is 0 Å². The first-order valence-electron chi connectivity index (χ1n) is 9.87. The molecule has 1 amide bonds. The summed E-state index contributed by atoms with van der Waals surface area (Å²) in [5.41, 5.74) is 1.44. The van der Waals surface area contributed by atoms with Crippen LogP contribution in [0.25, 0.3) is 0 Å². The van der Waals surface area contributed by atoms with Crippen LogP contribution in [0.1, 0.15) is 16.1 Å². The molecular weight excluding hydrogens is 372 g/mol. The van der Waals surface area contributed by atoms with Gasteiger partial charge in [-0.3, -0.25) is 4.79 Å². The second-order valence-corrected chi connectivity index (χ2v) is 7.11. The molecule has 0 N–H and O–H groups in total. The van der Waals surface area contributed by atoms with E-state index in [1.807, 2.05) is 17.9 Å². The van der Waals surface area contributed by atoms with Crippen molar-refractivity contribution in [2.45, 2.75) is 6.92 Å². The molecule has 2 aliphatic rings. The molecular formula is C20H26N6O3. The summed E-state index contributed by atoms with van der Waals surface area (Å²) in [5.74, 6) is 1.97. The van der Waals surface area contributed by atoms with E-state index in [0.717, 1.165) is 30.5 Å². The lowest BCUT2D eigenvalue weighted by Crippen LogP contribution is -2.49. The number of piperazine rings is 1. The number of hydrogen-bond donors (Lipinski definition) is 0. The van der Waals surface area contributed by atoms with Gasteiger partial charge in [-0.1, -0.05) is 0 Å². The van der Waals surface area contributed by atoms with Crippen LogP contribution < -0.4 is 14.5 Å². The zero-order valence-electron chi connectivity index (χ0n) is 16.9. The largest absolute Gasteiger partial charge is 0.480 e. The molecule has 2 aromatic heterocycles. The van der Waals surface area contributed by atoms with Crippen LogP contribution in [-0.2, 0) is 4.74 Å². The third-order valence-electron chi connectivity index (χ3n) is 5.21. The molecule has 2 aromatic rings. The maximum absolute atomic E-state index is 12.9. The van der Waals surface area contributed by atoms with Crippen LogP contribution in [-0.4, -0.2) is 85.4 Å². The summed E-state index contributed by atoms with van der Waals surface area (Å²) in [4.78, 5) is 32.6. The monoisotopic (exact) mass is 398 g/mol. The maximum atomic E-state index is 12.9.